The third-order valence-electron chi connectivity index (χ3n) is 3.48. The van der Waals surface area contributed by atoms with Gasteiger partial charge in [-0.15, -0.1) is 13.2 Å². The van der Waals surface area contributed by atoms with E-state index >= 15 is 0 Å². The van der Waals surface area contributed by atoms with Gasteiger partial charge in [0, 0.05) is 5.69 Å². The number of anilines is 3. The van der Waals surface area contributed by atoms with Crippen LogP contribution in [0.25, 0.3) is 0 Å². The first kappa shape index (κ1) is 21.7. The quantitative estimate of drug-likeness (QED) is 0.305. The molecule has 0 saturated heterocycles. The normalized spacial score (nSPS) is 11.4. The summed E-state index contributed by atoms with van der Waals surface area (Å²) in [5.41, 5.74) is 3.67. The summed E-state index contributed by atoms with van der Waals surface area (Å²) in [4.78, 5) is 12.3. The van der Waals surface area contributed by atoms with Gasteiger partial charge in [-0.05, 0) is 48.9 Å². The highest BCUT2D eigenvalue weighted by molar-refractivity contribution is 5.79. The average Bonchev–Trinajstić information content (AvgIpc) is 2.70. The topological polar surface area (TPSA) is 93.5 Å². The van der Waals surface area contributed by atoms with Gasteiger partial charge < -0.3 is 14.8 Å². The van der Waals surface area contributed by atoms with Gasteiger partial charge in [0.1, 0.15) is 11.6 Å². The predicted octanol–water partition coefficient (Wildman–Crippen LogP) is 4.50. The molecule has 0 aliphatic rings. The number of hydrazone groups is 1. The van der Waals surface area contributed by atoms with Crippen LogP contribution in [-0.4, -0.2) is 34.1 Å². The summed E-state index contributed by atoms with van der Waals surface area (Å²) in [6.45, 7) is 2.04. The van der Waals surface area contributed by atoms with Crippen LogP contribution in [0, 0.1) is 5.82 Å². The molecule has 0 bridgehead atoms. The van der Waals surface area contributed by atoms with E-state index in [1.807, 2.05) is 0 Å². The zero-order valence-corrected chi connectivity index (χ0v) is 16.0. The minimum absolute atomic E-state index is 0.0107. The van der Waals surface area contributed by atoms with Gasteiger partial charge in [-0.25, -0.2) is 9.82 Å². The first-order chi connectivity index (χ1) is 14.8. The first-order valence-electron chi connectivity index (χ1n) is 8.87. The summed E-state index contributed by atoms with van der Waals surface area (Å²) in [6.07, 6.45) is -3.33. The number of hydrogen-bond acceptors (Lipinski definition) is 8. The molecule has 0 unspecified atom stereocenters. The van der Waals surface area contributed by atoms with Gasteiger partial charge in [-0.2, -0.15) is 20.1 Å². The van der Waals surface area contributed by atoms with E-state index < -0.39 is 6.36 Å². The van der Waals surface area contributed by atoms with Crippen LogP contribution in [0.4, 0.5) is 35.1 Å². The van der Waals surface area contributed by atoms with Crippen LogP contribution in [0.3, 0.4) is 0 Å². The van der Waals surface area contributed by atoms with Crippen molar-refractivity contribution in [2.75, 3.05) is 17.3 Å². The largest absolute Gasteiger partial charge is 0.573 e. The number of ether oxygens (including phenoxy) is 2. The molecule has 162 valence electrons. The number of nitrogens with zero attached hydrogens (tertiary/aromatic N) is 4. The van der Waals surface area contributed by atoms with Crippen LogP contribution in [0.1, 0.15) is 12.5 Å². The number of hydrogen-bond donors (Lipinski definition) is 2. The Bertz CT molecular complexity index is 1030. The summed E-state index contributed by atoms with van der Waals surface area (Å²) in [6, 6.07) is 10.7. The summed E-state index contributed by atoms with van der Waals surface area (Å²) in [5.74, 6) is -0.599. The van der Waals surface area contributed by atoms with Gasteiger partial charge in [-0.1, -0.05) is 12.1 Å². The summed E-state index contributed by atoms with van der Waals surface area (Å²) in [5, 5.41) is 6.81. The summed E-state index contributed by atoms with van der Waals surface area (Å²) in [7, 11) is 0. The lowest BCUT2D eigenvalue weighted by Crippen LogP contribution is -2.17. The molecule has 1 aromatic heterocycles. The number of benzene rings is 2. The Balaban J connectivity index is 1.72. The molecule has 8 nitrogen and oxygen atoms in total. The third kappa shape index (κ3) is 7.10. The van der Waals surface area contributed by atoms with E-state index in [4.69, 9.17) is 4.74 Å². The van der Waals surface area contributed by atoms with E-state index in [-0.39, 0.29) is 29.5 Å². The Labute approximate surface area is 174 Å². The Morgan fingerprint density at radius 3 is 2.29 bits per heavy atom. The smallest absolute Gasteiger partial charge is 0.464 e. The number of aromatic nitrogens is 3. The molecule has 2 aromatic carbocycles. The Hall–Kier alpha value is -3.96. The second kappa shape index (κ2) is 9.69. The van der Waals surface area contributed by atoms with Crippen LogP contribution < -0.4 is 20.2 Å². The molecule has 0 spiro atoms. The summed E-state index contributed by atoms with van der Waals surface area (Å²) >= 11 is 0. The standard InChI is InChI=1S/C19H16F4N6O2/c1-2-30-18-27-16(25-14-7-9-15(10-8-14)31-19(21,22)23)26-17(28-18)29-24-11-12-3-5-13(20)6-4-12/h3-11H,2H2,1H3,(H2,25,26,27,28,29)/b24-11+. The minimum Gasteiger partial charge on any atom is -0.464 e. The first-order valence-corrected chi connectivity index (χ1v) is 8.87. The van der Waals surface area contributed by atoms with Crippen molar-refractivity contribution in [2.24, 2.45) is 5.10 Å². The van der Waals surface area contributed by atoms with Crippen molar-refractivity contribution in [1.29, 1.82) is 0 Å². The molecule has 1 heterocycles. The maximum absolute atomic E-state index is 12.9. The number of alkyl halides is 3. The van der Waals surface area contributed by atoms with E-state index in [9.17, 15) is 17.6 Å². The average molecular weight is 436 g/mol. The summed E-state index contributed by atoms with van der Waals surface area (Å²) < 4.78 is 58.9. The molecule has 3 rings (SSSR count). The molecule has 0 aliphatic heterocycles. The molecule has 0 amide bonds. The van der Waals surface area contributed by atoms with E-state index in [0.717, 1.165) is 12.1 Å². The van der Waals surface area contributed by atoms with Gasteiger partial charge in [0.2, 0.25) is 5.95 Å². The van der Waals surface area contributed by atoms with E-state index in [2.05, 4.69) is 35.5 Å². The van der Waals surface area contributed by atoms with Crippen molar-refractivity contribution in [3.8, 4) is 11.8 Å². The second-order valence-corrected chi connectivity index (χ2v) is 5.82. The number of nitrogens with one attached hydrogen (secondary N) is 2. The van der Waals surface area contributed by atoms with Crippen molar-refractivity contribution in [3.05, 3.63) is 59.9 Å². The fourth-order valence-electron chi connectivity index (χ4n) is 2.24. The molecule has 0 fully saturated rings. The maximum Gasteiger partial charge on any atom is 0.573 e. The zero-order valence-electron chi connectivity index (χ0n) is 16.0. The van der Waals surface area contributed by atoms with Crippen LogP contribution in [0.5, 0.6) is 11.8 Å². The van der Waals surface area contributed by atoms with Crippen LogP contribution in [-0.2, 0) is 0 Å². The molecule has 0 radical (unpaired) electrons. The number of rotatable bonds is 8. The fraction of sp³-hybridized carbons (Fsp3) is 0.158. The molecule has 12 heteroatoms. The second-order valence-electron chi connectivity index (χ2n) is 5.82. The monoisotopic (exact) mass is 436 g/mol. The van der Waals surface area contributed by atoms with E-state index in [0.29, 0.717) is 17.9 Å². The SMILES string of the molecule is CCOc1nc(N/N=C/c2ccc(F)cc2)nc(Nc2ccc(OC(F)(F)F)cc2)n1. The molecular weight excluding hydrogens is 420 g/mol. The lowest BCUT2D eigenvalue weighted by molar-refractivity contribution is -0.274. The van der Waals surface area contributed by atoms with E-state index in [1.54, 1.807) is 19.1 Å². The molecule has 0 atom stereocenters. The Morgan fingerprint density at radius 2 is 1.65 bits per heavy atom. The highest BCUT2D eigenvalue weighted by atomic mass is 19.4. The van der Waals surface area contributed by atoms with Gasteiger partial charge in [-0.3, -0.25) is 0 Å². The van der Waals surface area contributed by atoms with Crippen LogP contribution >= 0.6 is 0 Å². The molecular formula is C19H16F4N6O2. The van der Waals surface area contributed by atoms with Crippen molar-refractivity contribution < 1.29 is 27.0 Å². The molecule has 3 aromatic rings. The Morgan fingerprint density at radius 1 is 0.968 bits per heavy atom. The van der Waals surface area contributed by atoms with Crippen LogP contribution in [0.15, 0.2) is 53.6 Å². The highest BCUT2D eigenvalue weighted by Gasteiger charge is 2.30. The van der Waals surface area contributed by atoms with Gasteiger partial charge in [0.05, 0.1) is 12.8 Å². The lowest BCUT2D eigenvalue weighted by Gasteiger charge is -2.11. The lowest BCUT2D eigenvalue weighted by atomic mass is 10.2. The van der Waals surface area contributed by atoms with E-state index in [1.165, 1.54) is 30.5 Å². The molecule has 0 aliphatic carbocycles. The fourth-order valence-corrected chi connectivity index (χ4v) is 2.24. The maximum atomic E-state index is 12.9. The van der Waals surface area contributed by atoms with Crippen molar-refractivity contribution >= 4 is 23.8 Å². The number of halogens is 4. The van der Waals surface area contributed by atoms with Crippen molar-refractivity contribution in [1.82, 2.24) is 15.0 Å². The van der Waals surface area contributed by atoms with Gasteiger partial charge in [0.15, 0.2) is 0 Å². The van der Waals surface area contributed by atoms with Crippen molar-refractivity contribution in [2.45, 2.75) is 13.3 Å². The molecule has 2 N–H and O–H groups in total. The van der Waals surface area contributed by atoms with Crippen LogP contribution in [0.2, 0.25) is 0 Å². The zero-order chi connectivity index (χ0) is 22.3. The van der Waals surface area contributed by atoms with Crippen molar-refractivity contribution in [3.63, 3.8) is 0 Å². The molecule has 31 heavy (non-hydrogen) atoms. The predicted molar refractivity (Wildman–Crippen MR) is 105 cm³/mol. The van der Waals surface area contributed by atoms with Gasteiger partial charge >= 0.3 is 12.4 Å². The highest BCUT2D eigenvalue weighted by Crippen LogP contribution is 2.25. The Kier molecular flexibility index (Phi) is 6.80. The molecule has 0 saturated carbocycles. The minimum atomic E-state index is -4.77. The van der Waals surface area contributed by atoms with Gasteiger partial charge in [0.25, 0.3) is 5.95 Å². The third-order valence-corrected chi connectivity index (χ3v) is 3.48.